The van der Waals surface area contributed by atoms with Crippen molar-refractivity contribution in [3.63, 3.8) is 0 Å². The molecule has 88 valence electrons. The van der Waals surface area contributed by atoms with Gasteiger partial charge < -0.3 is 9.84 Å². The Morgan fingerprint density at radius 2 is 2.19 bits per heavy atom. The van der Waals surface area contributed by atoms with E-state index in [1.807, 2.05) is 6.07 Å². The largest absolute Gasteiger partial charge is 0.492 e. The van der Waals surface area contributed by atoms with Gasteiger partial charge in [-0.15, -0.1) is 0 Å². The molecule has 0 aromatic heterocycles. The smallest absolute Gasteiger partial charge is 0.133 e. The maximum Gasteiger partial charge on any atom is 0.133 e. The molecule has 1 aromatic carbocycles. The van der Waals surface area contributed by atoms with Crippen molar-refractivity contribution in [3.05, 3.63) is 28.2 Å². The van der Waals surface area contributed by atoms with Gasteiger partial charge in [-0.1, -0.05) is 6.07 Å². The van der Waals surface area contributed by atoms with Gasteiger partial charge in [0.1, 0.15) is 5.75 Å². The van der Waals surface area contributed by atoms with Crippen LogP contribution in [-0.4, -0.2) is 18.3 Å². The monoisotopic (exact) mass is 284 g/mol. The van der Waals surface area contributed by atoms with Gasteiger partial charge in [0.25, 0.3) is 0 Å². The van der Waals surface area contributed by atoms with Gasteiger partial charge in [-0.2, -0.15) is 0 Å². The van der Waals surface area contributed by atoms with Crippen LogP contribution in [0.5, 0.6) is 5.75 Å². The Balaban J connectivity index is 1.96. The van der Waals surface area contributed by atoms with Gasteiger partial charge in [0, 0.05) is 6.61 Å². The van der Waals surface area contributed by atoms with Crippen molar-refractivity contribution in [2.24, 2.45) is 5.92 Å². The molecule has 1 fully saturated rings. The van der Waals surface area contributed by atoms with E-state index in [1.54, 1.807) is 0 Å². The lowest BCUT2D eigenvalue weighted by Gasteiger charge is -2.09. The summed E-state index contributed by atoms with van der Waals surface area (Å²) in [4.78, 5) is 0. The number of halogens is 1. The molecule has 0 amide bonds. The highest BCUT2D eigenvalue weighted by Crippen LogP contribution is 2.32. The Kier molecular flexibility index (Phi) is 4.24. The lowest BCUT2D eigenvalue weighted by molar-refractivity contribution is 0.287. The lowest BCUT2D eigenvalue weighted by atomic mass is 10.1. The molecule has 2 rings (SSSR count). The molecule has 0 saturated heterocycles. The van der Waals surface area contributed by atoms with Gasteiger partial charge in [0.2, 0.25) is 0 Å². The number of ether oxygens (including phenoxy) is 1. The molecular weight excluding hydrogens is 268 g/mol. The van der Waals surface area contributed by atoms with E-state index < -0.39 is 0 Å². The van der Waals surface area contributed by atoms with Crippen LogP contribution in [0.2, 0.25) is 0 Å². The summed E-state index contributed by atoms with van der Waals surface area (Å²) < 4.78 is 6.79. The molecule has 3 heteroatoms. The van der Waals surface area contributed by atoms with Crippen molar-refractivity contribution in [1.82, 2.24) is 0 Å². The number of aliphatic hydroxyl groups excluding tert-OH is 1. The highest BCUT2D eigenvalue weighted by molar-refractivity contribution is 9.10. The average molecular weight is 285 g/mol. The van der Waals surface area contributed by atoms with E-state index in [9.17, 15) is 0 Å². The summed E-state index contributed by atoms with van der Waals surface area (Å²) >= 11 is 3.49. The Morgan fingerprint density at radius 1 is 1.38 bits per heavy atom. The molecule has 0 unspecified atom stereocenters. The number of hydrogen-bond acceptors (Lipinski definition) is 2. The summed E-state index contributed by atoms with van der Waals surface area (Å²) in [5.41, 5.74) is 1.23. The SMILES string of the molecule is OCCCc1ccc(Br)c(OCC2CC2)c1. The molecule has 0 aliphatic heterocycles. The summed E-state index contributed by atoms with van der Waals surface area (Å²) in [5.74, 6) is 1.70. The maximum absolute atomic E-state index is 8.80. The molecule has 1 aliphatic carbocycles. The van der Waals surface area contributed by atoms with Crippen LogP contribution in [0.4, 0.5) is 0 Å². The minimum atomic E-state index is 0.244. The van der Waals surface area contributed by atoms with E-state index >= 15 is 0 Å². The fourth-order valence-corrected chi connectivity index (χ4v) is 1.95. The van der Waals surface area contributed by atoms with E-state index in [0.29, 0.717) is 0 Å². The number of aryl methyl sites for hydroxylation is 1. The second-order valence-electron chi connectivity index (χ2n) is 4.35. The fraction of sp³-hybridized carbons (Fsp3) is 0.538. The molecule has 0 spiro atoms. The van der Waals surface area contributed by atoms with Crippen LogP contribution in [0.15, 0.2) is 22.7 Å². The molecule has 1 aromatic rings. The van der Waals surface area contributed by atoms with Crippen LogP contribution in [-0.2, 0) is 6.42 Å². The summed E-state index contributed by atoms with van der Waals surface area (Å²) in [6.07, 6.45) is 4.33. The molecule has 16 heavy (non-hydrogen) atoms. The molecule has 0 bridgehead atoms. The Labute approximate surface area is 105 Å². The first-order chi connectivity index (χ1) is 7.79. The Hall–Kier alpha value is -0.540. The minimum Gasteiger partial charge on any atom is -0.492 e. The van der Waals surface area contributed by atoms with Crippen molar-refractivity contribution in [1.29, 1.82) is 0 Å². The van der Waals surface area contributed by atoms with Gasteiger partial charge in [-0.25, -0.2) is 0 Å². The van der Waals surface area contributed by atoms with Crippen molar-refractivity contribution < 1.29 is 9.84 Å². The van der Waals surface area contributed by atoms with Crippen LogP contribution >= 0.6 is 15.9 Å². The fourth-order valence-electron chi connectivity index (χ4n) is 1.59. The van der Waals surface area contributed by atoms with Gasteiger partial charge >= 0.3 is 0 Å². The molecule has 1 N–H and O–H groups in total. The topological polar surface area (TPSA) is 29.5 Å². The zero-order valence-corrected chi connectivity index (χ0v) is 10.9. The van der Waals surface area contributed by atoms with E-state index in [2.05, 4.69) is 28.1 Å². The first-order valence-electron chi connectivity index (χ1n) is 5.81. The van der Waals surface area contributed by atoms with Crippen LogP contribution in [0, 0.1) is 5.92 Å². The maximum atomic E-state index is 8.80. The zero-order chi connectivity index (χ0) is 11.4. The van der Waals surface area contributed by atoms with Crippen molar-refractivity contribution in [2.75, 3.05) is 13.2 Å². The van der Waals surface area contributed by atoms with Crippen LogP contribution in [0.1, 0.15) is 24.8 Å². The second-order valence-corrected chi connectivity index (χ2v) is 5.20. The van der Waals surface area contributed by atoms with E-state index in [-0.39, 0.29) is 6.61 Å². The Morgan fingerprint density at radius 3 is 2.88 bits per heavy atom. The molecule has 2 nitrogen and oxygen atoms in total. The molecule has 0 heterocycles. The van der Waals surface area contributed by atoms with Crippen molar-refractivity contribution in [3.8, 4) is 5.75 Å². The quantitative estimate of drug-likeness (QED) is 0.870. The van der Waals surface area contributed by atoms with Crippen LogP contribution in [0.25, 0.3) is 0 Å². The average Bonchev–Trinajstić information content (AvgIpc) is 3.10. The molecule has 1 aliphatic rings. The van der Waals surface area contributed by atoms with Crippen molar-refractivity contribution >= 4 is 15.9 Å². The van der Waals surface area contributed by atoms with Crippen LogP contribution < -0.4 is 4.74 Å². The van der Waals surface area contributed by atoms with Crippen molar-refractivity contribution in [2.45, 2.75) is 25.7 Å². The standard InChI is InChI=1S/C13H17BrO2/c14-12-6-5-10(2-1-7-15)8-13(12)16-9-11-3-4-11/h5-6,8,11,15H,1-4,7,9H2. The number of benzene rings is 1. The number of hydrogen-bond donors (Lipinski definition) is 1. The Bertz CT molecular complexity index is 348. The molecular formula is C13H17BrO2. The van der Waals surface area contributed by atoms with Crippen LogP contribution in [0.3, 0.4) is 0 Å². The second kappa shape index (κ2) is 5.69. The molecule has 1 saturated carbocycles. The third-order valence-corrected chi connectivity index (χ3v) is 3.45. The molecule has 0 atom stereocenters. The van der Waals surface area contributed by atoms with E-state index in [4.69, 9.17) is 9.84 Å². The predicted molar refractivity (Wildman–Crippen MR) is 67.8 cm³/mol. The summed E-state index contributed by atoms with van der Waals surface area (Å²) in [6.45, 7) is 1.08. The summed E-state index contributed by atoms with van der Waals surface area (Å²) in [6, 6.07) is 6.17. The number of aliphatic hydroxyl groups is 1. The summed E-state index contributed by atoms with van der Waals surface area (Å²) in [5, 5.41) is 8.80. The highest BCUT2D eigenvalue weighted by Gasteiger charge is 2.22. The predicted octanol–water partition coefficient (Wildman–Crippen LogP) is 3.16. The van der Waals surface area contributed by atoms with E-state index in [1.165, 1.54) is 18.4 Å². The zero-order valence-electron chi connectivity index (χ0n) is 9.29. The van der Waals surface area contributed by atoms with Gasteiger partial charge in [-0.05, 0) is 65.2 Å². The highest BCUT2D eigenvalue weighted by atomic mass is 79.9. The van der Waals surface area contributed by atoms with Gasteiger partial charge in [0.15, 0.2) is 0 Å². The summed E-state index contributed by atoms with van der Waals surface area (Å²) in [7, 11) is 0. The van der Waals surface area contributed by atoms with E-state index in [0.717, 1.165) is 35.6 Å². The normalized spacial score (nSPS) is 15.1. The lowest BCUT2D eigenvalue weighted by Crippen LogP contribution is -2.00. The first kappa shape index (κ1) is 11.9. The van der Waals surface area contributed by atoms with Gasteiger partial charge in [-0.3, -0.25) is 0 Å². The third kappa shape index (κ3) is 3.49. The van der Waals surface area contributed by atoms with Gasteiger partial charge in [0.05, 0.1) is 11.1 Å². The first-order valence-corrected chi connectivity index (χ1v) is 6.61. The molecule has 0 radical (unpaired) electrons. The third-order valence-electron chi connectivity index (χ3n) is 2.79. The minimum absolute atomic E-state index is 0.244. The number of rotatable bonds is 6.